The van der Waals surface area contributed by atoms with Gasteiger partial charge in [0.15, 0.2) is 0 Å². The van der Waals surface area contributed by atoms with Gasteiger partial charge in [-0.2, -0.15) is 0 Å². The largest absolute Gasteiger partial charge is 0.457 e. The van der Waals surface area contributed by atoms with E-state index in [9.17, 15) is 0 Å². The van der Waals surface area contributed by atoms with Gasteiger partial charge in [0.2, 0.25) is 0 Å². The summed E-state index contributed by atoms with van der Waals surface area (Å²) in [4.78, 5) is 14.4. The van der Waals surface area contributed by atoms with E-state index >= 15 is 0 Å². The third-order valence-electron chi connectivity index (χ3n) is 8.62. The van der Waals surface area contributed by atoms with Gasteiger partial charge in [-0.15, -0.1) is 0 Å². The molecule has 2 fully saturated rings. The van der Waals surface area contributed by atoms with Crippen molar-refractivity contribution in [2.75, 3.05) is 31.9 Å². The first kappa shape index (κ1) is 26.0. The fourth-order valence-corrected chi connectivity index (χ4v) is 6.39. The molecule has 2 aromatic carbocycles. The van der Waals surface area contributed by atoms with Gasteiger partial charge in [-0.3, -0.25) is 4.90 Å². The van der Waals surface area contributed by atoms with Crippen LogP contribution < -0.4 is 10.5 Å². The predicted octanol–water partition coefficient (Wildman–Crippen LogP) is 2.08. The summed E-state index contributed by atoms with van der Waals surface area (Å²) in [7, 11) is 6.98. The van der Waals surface area contributed by atoms with Gasteiger partial charge in [0.05, 0.1) is 5.39 Å². The van der Waals surface area contributed by atoms with Crippen LogP contribution in [0.5, 0.6) is 11.5 Å². The summed E-state index contributed by atoms with van der Waals surface area (Å²) in [6.07, 6.45) is 8.59. The first-order valence-electron chi connectivity index (χ1n) is 14.3. The lowest BCUT2D eigenvalue weighted by Gasteiger charge is -2.46. The van der Waals surface area contributed by atoms with Crippen LogP contribution in [0.25, 0.3) is 22.2 Å². The first-order chi connectivity index (χ1) is 18.9. The van der Waals surface area contributed by atoms with Crippen molar-refractivity contribution < 1.29 is 4.74 Å². The number of ether oxygens (including phenoxy) is 1. The van der Waals surface area contributed by atoms with Gasteiger partial charge in [-0.25, -0.2) is 9.97 Å². The summed E-state index contributed by atoms with van der Waals surface area (Å²) < 4.78 is 8.37. The highest BCUT2D eigenvalue weighted by Crippen LogP contribution is 2.39. The fraction of sp³-hybridized carbons (Fsp3) is 0.379. The molecule has 1 saturated heterocycles. The van der Waals surface area contributed by atoms with Crippen molar-refractivity contribution in [1.29, 1.82) is 0 Å². The van der Waals surface area contributed by atoms with E-state index < -0.39 is 0 Å². The SMILES string of the molecule is BC(B)(B)N1CCN([C@H]2CC[C@@H](n3cc(-c4ccc(Oc5ccccc5)cc4)c4c(N)ncnc43)CC2)CC1. The van der Waals surface area contributed by atoms with Crippen LogP contribution >= 0.6 is 0 Å². The quantitative estimate of drug-likeness (QED) is 0.395. The summed E-state index contributed by atoms with van der Waals surface area (Å²) >= 11 is 0. The molecule has 0 amide bonds. The van der Waals surface area contributed by atoms with Crippen molar-refractivity contribution in [2.24, 2.45) is 0 Å². The second-order valence-corrected chi connectivity index (χ2v) is 12.0. The number of nitrogens with zero attached hydrogens (tertiary/aromatic N) is 5. The average Bonchev–Trinajstić information content (AvgIpc) is 3.35. The van der Waals surface area contributed by atoms with Gasteiger partial charge in [-0.1, -0.05) is 35.6 Å². The van der Waals surface area contributed by atoms with Gasteiger partial charge in [-0.05, 0) is 55.5 Å². The topological polar surface area (TPSA) is 72.4 Å². The fourth-order valence-electron chi connectivity index (χ4n) is 6.39. The number of hydrogen-bond acceptors (Lipinski definition) is 6. The standard InChI is InChI=1S/C29H37B3N6O/c30-29(31,32)37-16-14-36(15-17-37)21-8-10-22(11-9-21)38-18-25(26-27(33)34-19-35-28(26)38)20-6-12-24(13-7-20)39-23-4-2-1-3-5-23/h1-7,12-13,18-19,21-22H,8-11,14-17,30-32H2,(H2,33,34,35)/t21-,22+. The molecule has 0 radical (unpaired) electrons. The molecule has 198 valence electrons. The van der Waals surface area contributed by atoms with Gasteiger partial charge >= 0.3 is 0 Å². The molecule has 4 aromatic rings. The van der Waals surface area contributed by atoms with Gasteiger partial charge in [0.25, 0.3) is 0 Å². The molecule has 0 spiro atoms. The van der Waals surface area contributed by atoms with Crippen LogP contribution in [-0.4, -0.2) is 85.3 Å². The molecule has 39 heavy (non-hydrogen) atoms. The highest BCUT2D eigenvalue weighted by atomic mass is 16.5. The maximum atomic E-state index is 6.43. The van der Waals surface area contributed by atoms with E-state index in [2.05, 4.69) is 61.2 Å². The molecule has 10 heteroatoms. The Hall–Kier alpha value is -3.23. The second-order valence-electron chi connectivity index (χ2n) is 12.0. The Bertz CT molecular complexity index is 1410. The van der Waals surface area contributed by atoms with E-state index in [0.29, 0.717) is 17.9 Å². The van der Waals surface area contributed by atoms with Crippen LogP contribution in [0, 0.1) is 0 Å². The highest BCUT2D eigenvalue weighted by molar-refractivity contribution is 6.59. The number of nitrogen functional groups attached to an aromatic ring is 1. The van der Waals surface area contributed by atoms with Gasteiger partial charge in [0.1, 0.15) is 52.8 Å². The average molecular weight is 518 g/mol. The van der Waals surface area contributed by atoms with Crippen molar-refractivity contribution in [3.8, 4) is 22.6 Å². The van der Waals surface area contributed by atoms with E-state index in [1.165, 1.54) is 39.0 Å². The van der Waals surface area contributed by atoms with E-state index in [4.69, 9.17) is 15.5 Å². The Morgan fingerprint density at radius 2 is 1.44 bits per heavy atom. The lowest BCUT2D eigenvalue weighted by molar-refractivity contribution is 0.0702. The number of fused-ring (bicyclic) bond motifs is 1. The van der Waals surface area contributed by atoms with Crippen LogP contribution in [0.2, 0.25) is 0 Å². The van der Waals surface area contributed by atoms with E-state index in [0.717, 1.165) is 46.5 Å². The van der Waals surface area contributed by atoms with Gasteiger partial charge in [0, 0.05) is 50.0 Å². The summed E-state index contributed by atoms with van der Waals surface area (Å²) in [5, 5.41) is 1.20. The third-order valence-corrected chi connectivity index (χ3v) is 8.62. The Balaban J connectivity index is 1.18. The van der Waals surface area contributed by atoms with Crippen LogP contribution in [0.3, 0.4) is 0 Å². The summed E-state index contributed by atoms with van der Waals surface area (Å²) in [6.45, 7) is 4.69. The number of nitrogens with two attached hydrogens (primary N) is 1. The molecule has 7 nitrogen and oxygen atoms in total. The Labute approximate surface area is 234 Å². The number of para-hydroxylation sites is 1. The lowest BCUT2D eigenvalue weighted by atomic mass is 9.48. The number of hydrogen-bond donors (Lipinski definition) is 1. The lowest BCUT2D eigenvalue weighted by Crippen LogP contribution is -2.60. The Morgan fingerprint density at radius 3 is 2.10 bits per heavy atom. The van der Waals surface area contributed by atoms with Crippen molar-refractivity contribution in [3.63, 3.8) is 0 Å². The number of piperazine rings is 1. The van der Waals surface area contributed by atoms with Gasteiger partial charge < -0.3 is 19.9 Å². The smallest absolute Gasteiger partial charge is 0.146 e. The molecule has 2 aromatic heterocycles. The molecule has 1 saturated carbocycles. The van der Waals surface area contributed by atoms with Crippen molar-refractivity contribution >= 4 is 40.4 Å². The number of benzene rings is 2. The molecular formula is C29H37B3N6O. The molecule has 0 bridgehead atoms. The number of rotatable bonds is 6. The normalized spacial score (nSPS) is 21.2. The minimum atomic E-state index is 0.260. The highest BCUT2D eigenvalue weighted by Gasteiger charge is 2.32. The minimum absolute atomic E-state index is 0.260. The summed E-state index contributed by atoms with van der Waals surface area (Å²) in [5.41, 5.74) is 9.53. The van der Waals surface area contributed by atoms with Crippen LogP contribution in [0.15, 0.2) is 67.1 Å². The molecule has 1 aliphatic heterocycles. The van der Waals surface area contributed by atoms with Crippen molar-refractivity contribution in [1.82, 2.24) is 24.3 Å². The second kappa shape index (κ2) is 10.7. The zero-order valence-corrected chi connectivity index (χ0v) is 23.4. The maximum Gasteiger partial charge on any atom is 0.146 e. The molecule has 6 rings (SSSR count). The van der Waals surface area contributed by atoms with Crippen LogP contribution in [0.1, 0.15) is 31.7 Å². The molecule has 3 heterocycles. The zero-order chi connectivity index (χ0) is 27.0. The van der Waals surface area contributed by atoms with Crippen LogP contribution in [-0.2, 0) is 0 Å². The van der Waals surface area contributed by atoms with E-state index in [-0.39, 0.29) is 5.24 Å². The maximum absolute atomic E-state index is 6.43. The summed E-state index contributed by atoms with van der Waals surface area (Å²) in [6, 6.07) is 19.2. The number of aromatic nitrogens is 3. The van der Waals surface area contributed by atoms with Crippen LogP contribution in [0.4, 0.5) is 5.82 Å². The molecule has 2 aliphatic rings. The van der Waals surface area contributed by atoms with E-state index in [1.54, 1.807) is 6.33 Å². The number of anilines is 1. The van der Waals surface area contributed by atoms with Crippen molar-refractivity contribution in [2.45, 2.75) is 43.0 Å². The first-order valence-corrected chi connectivity index (χ1v) is 14.3. The van der Waals surface area contributed by atoms with Crippen molar-refractivity contribution in [3.05, 3.63) is 67.1 Å². The predicted molar refractivity (Wildman–Crippen MR) is 167 cm³/mol. The molecular weight excluding hydrogens is 481 g/mol. The molecule has 0 unspecified atom stereocenters. The molecule has 1 aliphatic carbocycles. The molecule has 2 N–H and O–H groups in total. The summed E-state index contributed by atoms with van der Waals surface area (Å²) in [5.74, 6) is 2.16. The third kappa shape index (κ3) is 5.45. The monoisotopic (exact) mass is 518 g/mol. The van der Waals surface area contributed by atoms with E-state index in [1.807, 2.05) is 42.5 Å². The Morgan fingerprint density at radius 1 is 0.795 bits per heavy atom. The minimum Gasteiger partial charge on any atom is -0.457 e. The Kier molecular flexibility index (Phi) is 7.17. The molecule has 0 atom stereocenters. The zero-order valence-electron chi connectivity index (χ0n) is 23.4.